The zero-order chi connectivity index (χ0) is 24.4. The Labute approximate surface area is 196 Å². The zero-order valence-corrected chi connectivity index (χ0v) is 22.0. The molecule has 0 saturated carbocycles. The number of hydrogen-bond acceptors (Lipinski definition) is 1. The molecular formula is C30H43NO. The van der Waals surface area contributed by atoms with E-state index in [0.29, 0.717) is 5.92 Å². The van der Waals surface area contributed by atoms with E-state index in [9.17, 15) is 4.79 Å². The molecule has 2 nitrogen and oxygen atoms in total. The van der Waals surface area contributed by atoms with E-state index in [1.165, 1.54) is 27.6 Å². The number of hydrogen-bond donors (Lipinski definition) is 0. The summed E-state index contributed by atoms with van der Waals surface area (Å²) < 4.78 is 0. The van der Waals surface area contributed by atoms with Crippen LogP contribution in [0, 0.1) is 27.7 Å². The monoisotopic (exact) mass is 433 g/mol. The third-order valence-corrected chi connectivity index (χ3v) is 6.17. The van der Waals surface area contributed by atoms with Gasteiger partial charge in [0, 0.05) is 19.5 Å². The second kappa shape index (κ2) is 13.1. The van der Waals surface area contributed by atoms with Gasteiger partial charge < -0.3 is 4.90 Å². The molecule has 3 aromatic rings. The summed E-state index contributed by atoms with van der Waals surface area (Å²) in [6, 6.07) is 16.9. The van der Waals surface area contributed by atoms with Crippen LogP contribution in [0.4, 0.5) is 0 Å². The molecule has 32 heavy (non-hydrogen) atoms. The summed E-state index contributed by atoms with van der Waals surface area (Å²) in [5, 5.41) is 2.26. The van der Waals surface area contributed by atoms with Gasteiger partial charge in [-0.2, -0.15) is 0 Å². The summed E-state index contributed by atoms with van der Waals surface area (Å²) in [4.78, 5) is 15.4. The van der Waals surface area contributed by atoms with Crippen LogP contribution >= 0.6 is 0 Å². The number of amides is 1. The SMILES string of the molecule is CC.CC.CCC(CN(C)C(=O)c1c(C)c(C)c(C)c2cc(C)ccc12)c1ccccc1. The van der Waals surface area contributed by atoms with E-state index in [1.54, 1.807) is 0 Å². The summed E-state index contributed by atoms with van der Waals surface area (Å²) in [5.41, 5.74) is 6.95. The number of aryl methyl sites for hydroxylation is 2. The van der Waals surface area contributed by atoms with Crippen LogP contribution in [0.15, 0.2) is 48.5 Å². The minimum atomic E-state index is 0.115. The average molecular weight is 434 g/mol. The molecular weight excluding hydrogens is 390 g/mol. The Morgan fingerprint density at radius 3 is 1.97 bits per heavy atom. The van der Waals surface area contributed by atoms with Crippen LogP contribution in [0.2, 0.25) is 0 Å². The Bertz CT molecular complexity index is 1000. The molecule has 1 unspecified atom stereocenters. The van der Waals surface area contributed by atoms with Crippen LogP contribution in [0.3, 0.4) is 0 Å². The second-order valence-corrected chi connectivity index (χ2v) is 8.00. The molecule has 174 valence electrons. The standard InChI is InChI=1S/C26H31NO.2C2H6/c1-7-21(22-11-9-8-10-12-22)16-27(6)26(28)25-20(5)18(3)19(4)24-15-17(2)13-14-23(24)25;2*1-2/h8-15,21H,7,16H2,1-6H3;2*1-2H3. The molecule has 0 aliphatic carbocycles. The van der Waals surface area contributed by atoms with Gasteiger partial charge >= 0.3 is 0 Å². The fourth-order valence-electron chi connectivity index (χ4n) is 4.13. The Hall–Kier alpha value is -2.61. The molecule has 0 heterocycles. The highest BCUT2D eigenvalue weighted by Gasteiger charge is 2.23. The van der Waals surface area contributed by atoms with E-state index in [4.69, 9.17) is 0 Å². The van der Waals surface area contributed by atoms with Gasteiger partial charge in [-0.05, 0) is 67.1 Å². The molecule has 0 N–H and O–H groups in total. The number of carbonyl (C=O) groups excluding carboxylic acids is 1. The van der Waals surface area contributed by atoms with Crippen LogP contribution in [-0.4, -0.2) is 24.4 Å². The van der Waals surface area contributed by atoms with Crippen molar-refractivity contribution in [2.24, 2.45) is 0 Å². The summed E-state index contributed by atoms with van der Waals surface area (Å²) in [5.74, 6) is 0.458. The first-order valence-electron chi connectivity index (χ1n) is 12.2. The van der Waals surface area contributed by atoms with Crippen molar-refractivity contribution < 1.29 is 4.79 Å². The van der Waals surface area contributed by atoms with E-state index in [2.05, 4.69) is 77.1 Å². The Kier molecular flexibility index (Phi) is 11.2. The highest BCUT2D eigenvalue weighted by Crippen LogP contribution is 2.31. The minimum absolute atomic E-state index is 0.115. The summed E-state index contributed by atoms with van der Waals surface area (Å²) in [6.45, 7) is 19.4. The lowest BCUT2D eigenvalue weighted by Crippen LogP contribution is -2.32. The second-order valence-electron chi connectivity index (χ2n) is 8.00. The smallest absolute Gasteiger partial charge is 0.254 e. The van der Waals surface area contributed by atoms with Gasteiger partial charge in [0.25, 0.3) is 5.91 Å². The van der Waals surface area contributed by atoms with E-state index in [1.807, 2.05) is 45.7 Å². The van der Waals surface area contributed by atoms with Crippen molar-refractivity contribution in [3.63, 3.8) is 0 Å². The van der Waals surface area contributed by atoms with Crippen LogP contribution in [0.25, 0.3) is 10.8 Å². The first-order chi connectivity index (χ1) is 15.3. The first-order valence-corrected chi connectivity index (χ1v) is 12.2. The molecule has 0 bridgehead atoms. The highest BCUT2D eigenvalue weighted by atomic mass is 16.2. The topological polar surface area (TPSA) is 20.3 Å². The third-order valence-electron chi connectivity index (χ3n) is 6.17. The van der Waals surface area contributed by atoms with Crippen molar-refractivity contribution in [3.05, 3.63) is 81.9 Å². The van der Waals surface area contributed by atoms with Crippen LogP contribution < -0.4 is 0 Å². The molecule has 0 spiro atoms. The predicted molar refractivity (Wildman–Crippen MR) is 142 cm³/mol. The van der Waals surface area contributed by atoms with E-state index >= 15 is 0 Å². The van der Waals surface area contributed by atoms with Gasteiger partial charge in [-0.1, -0.05) is 88.7 Å². The molecule has 3 rings (SSSR count). The van der Waals surface area contributed by atoms with Crippen LogP contribution in [-0.2, 0) is 0 Å². The van der Waals surface area contributed by atoms with Crippen molar-refractivity contribution in [2.45, 2.75) is 74.7 Å². The van der Waals surface area contributed by atoms with Gasteiger partial charge in [0.1, 0.15) is 0 Å². The molecule has 1 amide bonds. The molecule has 0 aliphatic rings. The number of fused-ring (bicyclic) bond motifs is 1. The molecule has 2 heteroatoms. The van der Waals surface area contributed by atoms with Crippen LogP contribution in [0.5, 0.6) is 0 Å². The number of rotatable bonds is 5. The largest absolute Gasteiger partial charge is 0.341 e. The third kappa shape index (κ3) is 6.00. The van der Waals surface area contributed by atoms with E-state index < -0.39 is 0 Å². The summed E-state index contributed by atoms with van der Waals surface area (Å²) in [6.07, 6.45) is 1.01. The van der Waals surface area contributed by atoms with E-state index in [0.717, 1.165) is 29.5 Å². The lowest BCUT2D eigenvalue weighted by molar-refractivity contribution is 0.0786. The van der Waals surface area contributed by atoms with Gasteiger partial charge in [-0.25, -0.2) is 0 Å². The lowest BCUT2D eigenvalue weighted by atomic mass is 9.89. The fraction of sp³-hybridized carbons (Fsp3) is 0.433. The van der Waals surface area contributed by atoms with Gasteiger partial charge in [-0.15, -0.1) is 0 Å². The lowest BCUT2D eigenvalue weighted by Gasteiger charge is -2.26. The van der Waals surface area contributed by atoms with Crippen molar-refractivity contribution >= 4 is 16.7 Å². The number of benzene rings is 3. The van der Waals surface area contributed by atoms with Gasteiger partial charge in [0.15, 0.2) is 0 Å². The Morgan fingerprint density at radius 2 is 1.41 bits per heavy atom. The highest BCUT2D eigenvalue weighted by molar-refractivity contribution is 6.09. The average Bonchev–Trinajstić information content (AvgIpc) is 2.84. The Balaban J connectivity index is 0.00000121. The normalized spacial score (nSPS) is 11.1. The van der Waals surface area contributed by atoms with E-state index in [-0.39, 0.29) is 5.91 Å². The van der Waals surface area contributed by atoms with Crippen molar-refractivity contribution in [1.82, 2.24) is 4.90 Å². The minimum Gasteiger partial charge on any atom is -0.341 e. The van der Waals surface area contributed by atoms with Gasteiger partial charge in [-0.3, -0.25) is 4.79 Å². The summed E-state index contributed by atoms with van der Waals surface area (Å²) in [7, 11) is 1.93. The van der Waals surface area contributed by atoms with Crippen LogP contribution in [0.1, 0.15) is 85.1 Å². The quantitative estimate of drug-likeness (QED) is 0.395. The van der Waals surface area contributed by atoms with Gasteiger partial charge in [0.2, 0.25) is 0 Å². The molecule has 1 atom stereocenters. The number of nitrogens with zero attached hydrogens (tertiary/aromatic N) is 1. The van der Waals surface area contributed by atoms with Crippen molar-refractivity contribution in [3.8, 4) is 0 Å². The Morgan fingerprint density at radius 1 is 0.812 bits per heavy atom. The maximum absolute atomic E-state index is 13.5. The maximum Gasteiger partial charge on any atom is 0.254 e. The van der Waals surface area contributed by atoms with Gasteiger partial charge in [0.05, 0.1) is 5.56 Å². The van der Waals surface area contributed by atoms with Crippen molar-refractivity contribution in [1.29, 1.82) is 0 Å². The molecule has 0 fully saturated rings. The first kappa shape index (κ1) is 27.4. The number of carbonyl (C=O) groups is 1. The van der Waals surface area contributed by atoms with Crippen molar-refractivity contribution in [2.75, 3.05) is 13.6 Å². The molecule has 0 aliphatic heterocycles. The molecule has 0 radical (unpaired) electrons. The molecule has 0 aromatic heterocycles. The molecule has 3 aromatic carbocycles. The molecule has 0 saturated heterocycles. The fourth-order valence-corrected chi connectivity index (χ4v) is 4.13. The maximum atomic E-state index is 13.5. The predicted octanol–water partition coefficient (Wildman–Crippen LogP) is 8.39. The zero-order valence-electron chi connectivity index (χ0n) is 22.0. The number of likely N-dealkylation sites (N-methyl/N-ethyl adjacent to an activating group) is 1. The summed E-state index contributed by atoms with van der Waals surface area (Å²) >= 11 is 0.